The van der Waals surface area contributed by atoms with Gasteiger partial charge < -0.3 is 4.90 Å². The molecule has 0 unspecified atom stereocenters. The first-order chi connectivity index (χ1) is 12.8. The van der Waals surface area contributed by atoms with Gasteiger partial charge in [0.15, 0.2) is 15.0 Å². The number of benzene rings is 2. The molecule has 2 aromatic rings. The number of halogens is 2. The molecule has 4 rings (SSSR count). The van der Waals surface area contributed by atoms with E-state index in [1.807, 2.05) is 42.2 Å². The molecule has 0 spiro atoms. The minimum Gasteiger partial charge on any atom is -0.315 e. The summed E-state index contributed by atoms with van der Waals surface area (Å²) in [4.78, 5) is 6.69. The number of thioether (sulfide) groups is 1. The van der Waals surface area contributed by atoms with Crippen molar-refractivity contribution >= 4 is 48.4 Å². The van der Waals surface area contributed by atoms with Crippen LogP contribution in [0.15, 0.2) is 51.9 Å². The maximum absolute atomic E-state index is 14.1. The van der Waals surface area contributed by atoms with Crippen molar-refractivity contribution in [3.05, 3.63) is 63.9 Å². The molecule has 1 fully saturated rings. The maximum Gasteiger partial charge on any atom is 0.164 e. The number of amidine groups is 1. The summed E-state index contributed by atoms with van der Waals surface area (Å²) in [6.45, 7) is 2.01. The molecule has 0 bridgehead atoms. The largest absolute Gasteiger partial charge is 0.315 e. The highest BCUT2D eigenvalue weighted by molar-refractivity contribution is 9.10. The number of fused-ring (bicyclic) bond motifs is 1. The van der Waals surface area contributed by atoms with Crippen LogP contribution in [0.3, 0.4) is 0 Å². The quantitative estimate of drug-likeness (QED) is 0.677. The van der Waals surface area contributed by atoms with Crippen LogP contribution in [0.4, 0.5) is 10.1 Å². The molecule has 2 aliphatic rings. The number of aliphatic imine (C=N–C) groups is 1. The lowest BCUT2D eigenvalue weighted by Gasteiger charge is -2.26. The number of rotatable bonds is 3. The first-order valence-corrected chi connectivity index (χ1v) is 12.1. The monoisotopic (exact) mass is 468 g/mol. The van der Waals surface area contributed by atoms with E-state index in [0.717, 1.165) is 16.4 Å². The molecule has 0 saturated carbocycles. The van der Waals surface area contributed by atoms with Crippen LogP contribution in [-0.2, 0) is 15.6 Å². The molecule has 0 aliphatic carbocycles. The zero-order valence-electron chi connectivity index (χ0n) is 14.6. The molecule has 0 aromatic heterocycles. The highest BCUT2D eigenvalue weighted by Crippen LogP contribution is 2.36. The van der Waals surface area contributed by atoms with Gasteiger partial charge in [0.2, 0.25) is 0 Å². The van der Waals surface area contributed by atoms with Gasteiger partial charge in [-0.15, -0.1) is 0 Å². The molecule has 4 nitrogen and oxygen atoms in total. The second-order valence-corrected chi connectivity index (χ2v) is 10.9. The van der Waals surface area contributed by atoms with Crippen LogP contribution in [0.2, 0.25) is 0 Å². The summed E-state index contributed by atoms with van der Waals surface area (Å²) in [6.07, 6.45) is 0. The Bertz CT molecular complexity index is 1010. The van der Waals surface area contributed by atoms with E-state index in [-0.39, 0.29) is 29.4 Å². The number of nitrogens with zero attached hydrogens (tertiary/aromatic N) is 2. The van der Waals surface area contributed by atoms with Crippen LogP contribution in [0.1, 0.15) is 11.1 Å². The third-order valence-electron chi connectivity index (χ3n) is 4.79. The van der Waals surface area contributed by atoms with Crippen molar-refractivity contribution in [2.45, 2.75) is 24.8 Å². The highest BCUT2D eigenvalue weighted by Gasteiger charge is 2.47. The molecular weight excluding hydrogens is 451 g/mol. The van der Waals surface area contributed by atoms with Crippen molar-refractivity contribution in [3.63, 3.8) is 0 Å². The van der Waals surface area contributed by atoms with Crippen molar-refractivity contribution in [2.24, 2.45) is 4.99 Å². The van der Waals surface area contributed by atoms with Gasteiger partial charge in [0.1, 0.15) is 5.82 Å². The van der Waals surface area contributed by atoms with Crippen LogP contribution in [0.25, 0.3) is 0 Å². The van der Waals surface area contributed by atoms with Gasteiger partial charge >= 0.3 is 0 Å². The third-order valence-corrected chi connectivity index (χ3v) is 8.00. The number of anilines is 1. The molecule has 2 heterocycles. The Hall–Kier alpha value is -1.38. The molecule has 0 radical (unpaired) electrons. The SMILES string of the molecule is Cc1ccc(N2C(SCc3ccc(Br)cc3F)=N[C@@H]3CS(=O)(=O)C[C@@H]32)cc1. The molecule has 142 valence electrons. The fourth-order valence-corrected chi connectivity index (χ4v) is 6.71. The lowest BCUT2D eigenvalue weighted by molar-refractivity contribution is 0.601. The van der Waals surface area contributed by atoms with Crippen LogP contribution in [0, 0.1) is 12.7 Å². The first kappa shape index (κ1) is 19.0. The van der Waals surface area contributed by atoms with E-state index < -0.39 is 9.84 Å². The van der Waals surface area contributed by atoms with E-state index >= 15 is 0 Å². The average molecular weight is 469 g/mol. The van der Waals surface area contributed by atoms with E-state index in [2.05, 4.69) is 20.9 Å². The predicted octanol–water partition coefficient (Wildman–Crippen LogP) is 4.17. The van der Waals surface area contributed by atoms with Crippen molar-refractivity contribution in [1.82, 2.24) is 0 Å². The van der Waals surface area contributed by atoms with E-state index in [4.69, 9.17) is 0 Å². The summed E-state index contributed by atoms with van der Waals surface area (Å²) in [5.74, 6) is 0.356. The highest BCUT2D eigenvalue weighted by atomic mass is 79.9. The van der Waals surface area contributed by atoms with Gasteiger partial charge in [-0.2, -0.15) is 0 Å². The number of sulfone groups is 1. The summed E-state index contributed by atoms with van der Waals surface area (Å²) < 4.78 is 39.0. The third kappa shape index (κ3) is 3.93. The Morgan fingerprint density at radius 1 is 1.22 bits per heavy atom. The molecule has 0 N–H and O–H groups in total. The zero-order chi connectivity index (χ0) is 19.2. The standard InChI is InChI=1S/C19H18BrFN2O2S2/c1-12-2-6-15(7-3-12)23-18-11-27(24,25)10-17(18)22-19(23)26-9-13-4-5-14(20)8-16(13)21/h2-8,17-18H,9-11H2,1H3/t17-,18+/m1/s1. The van der Waals surface area contributed by atoms with E-state index in [1.165, 1.54) is 17.8 Å². The Morgan fingerprint density at radius 3 is 2.67 bits per heavy atom. The minimum atomic E-state index is -3.08. The molecule has 2 aliphatic heterocycles. The Kier molecular flexibility index (Phi) is 5.07. The number of aryl methyl sites for hydroxylation is 1. The summed E-state index contributed by atoms with van der Waals surface area (Å²) in [5, 5.41) is 0.756. The van der Waals surface area contributed by atoms with Crippen molar-refractivity contribution in [2.75, 3.05) is 16.4 Å². The molecule has 1 saturated heterocycles. The van der Waals surface area contributed by atoms with Gasteiger partial charge in [-0.25, -0.2) is 12.8 Å². The lowest BCUT2D eigenvalue weighted by Crippen LogP contribution is -2.39. The normalized spacial score (nSPS) is 23.4. The fraction of sp³-hybridized carbons (Fsp3) is 0.316. The maximum atomic E-state index is 14.1. The van der Waals surface area contributed by atoms with Crippen molar-refractivity contribution < 1.29 is 12.8 Å². The smallest absolute Gasteiger partial charge is 0.164 e. The average Bonchev–Trinajstić information content (AvgIpc) is 3.06. The van der Waals surface area contributed by atoms with Gasteiger partial charge in [0, 0.05) is 15.9 Å². The molecular formula is C19H18BrFN2O2S2. The summed E-state index contributed by atoms with van der Waals surface area (Å²) in [6, 6.07) is 12.6. The molecule has 0 amide bonds. The number of hydrogen-bond acceptors (Lipinski definition) is 5. The minimum absolute atomic E-state index is 0.0801. The summed E-state index contributed by atoms with van der Waals surface area (Å²) >= 11 is 4.71. The van der Waals surface area contributed by atoms with Crippen molar-refractivity contribution in [1.29, 1.82) is 0 Å². The zero-order valence-corrected chi connectivity index (χ0v) is 17.8. The van der Waals surface area contributed by atoms with Gasteiger partial charge in [-0.05, 0) is 36.8 Å². The Labute approximate surface area is 170 Å². The second-order valence-electron chi connectivity index (χ2n) is 6.85. The van der Waals surface area contributed by atoms with Crippen LogP contribution in [0.5, 0.6) is 0 Å². The molecule has 2 atom stereocenters. The number of hydrogen-bond donors (Lipinski definition) is 0. The van der Waals surface area contributed by atoms with E-state index in [9.17, 15) is 12.8 Å². The first-order valence-electron chi connectivity index (χ1n) is 8.53. The molecule has 27 heavy (non-hydrogen) atoms. The molecule has 8 heteroatoms. The van der Waals surface area contributed by atoms with Gasteiger partial charge in [-0.1, -0.05) is 51.5 Å². The fourth-order valence-electron chi connectivity index (χ4n) is 3.42. The summed E-state index contributed by atoms with van der Waals surface area (Å²) in [7, 11) is -3.08. The van der Waals surface area contributed by atoms with Crippen LogP contribution in [-0.4, -0.2) is 37.2 Å². The van der Waals surface area contributed by atoms with E-state index in [1.54, 1.807) is 6.07 Å². The summed E-state index contributed by atoms with van der Waals surface area (Å²) in [5.41, 5.74) is 2.66. The van der Waals surface area contributed by atoms with Gasteiger partial charge in [0.25, 0.3) is 0 Å². The van der Waals surface area contributed by atoms with Gasteiger partial charge in [0.05, 0.1) is 23.6 Å². The topological polar surface area (TPSA) is 49.7 Å². The Balaban J connectivity index is 1.61. The van der Waals surface area contributed by atoms with E-state index in [0.29, 0.717) is 15.8 Å². The lowest BCUT2D eigenvalue weighted by atomic mass is 10.1. The Morgan fingerprint density at radius 2 is 1.96 bits per heavy atom. The van der Waals surface area contributed by atoms with Crippen molar-refractivity contribution in [3.8, 4) is 0 Å². The predicted molar refractivity (Wildman–Crippen MR) is 113 cm³/mol. The van der Waals surface area contributed by atoms with Crippen LogP contribution < -0.4 is 4.90 Å². The van der Waals surface area contributed by atoms with Crippen LogP contribution >= 0.6 is 27.7 Å². The molecule has 2 aromatic carbocycles. The van der Waals surface area contributed by atoms with Gasteiger partial charge in [-0.3, -0.25) is 4.99 Å². The second kappa shape index (κ2) is 7.22.